The fraction of sp³-hybridized carbons (Fsp3) is 0.429. The molecule has 10 heteroatoms. The standard InChI is InChI=1S/C14H17FN4O2S3/c1-18(12-5-6-24(20,21)8-12)9-19-14(22)23-13(17-19)16-11-4-2-3-10(15)7-11/h2-4,7,12H,5-6,8-9H2,1H3,(H,16,17)/t12-/m0/s1. The van der Waals surface area contributed by atoms with Crippen molar-refractivity contribution in [2.75, 3.05) is 23.9 Å². The van der Waals surface area contributed by atoms with Crippen molar-refractivity contribution in [2.24, 2.45) is 0 Å². The van der Waals surface area contributed by atoms with Gasteiger partial charge in [-0.25, -0.2) is 17.5 Å². The van der Waals surface area contributed by atoms with Crippen LogP contribution in [0.1, 0.15) is 6.42 Å². The summed E-state index contributed by atoms with van der Waals surface area (Å²) in [5.74, 6) is 0.0804. The molecule has 1 atom stereocenters. The number of nitrogens with one attached hydrogen (secondary N) is 1. The Bertz CT molecular complexity index is 893. The minimum absolute atomic E-state index is 0.0155. The fourth-order valence-corrected chi connectivity index (χ4v) is 5.40. The third-order valence-corrected chi connectivity index (χ3v) is 6.84. The number of nitrogens with zero attached hydrogens (tertiary/aromatic N) is 3. The van der Waals surface area contributed by atoms with E-state index < -0.39 is 9.84 Å². The highest BCUT2D eigenvalue weighted by molar-refractivity contribution is 7.91. The Morgan fingerprint density at radius 1 is 1.54 bits per heavy atom. The Balaban J connectivity index is 1.69. The van der Waals surface area contributed by atoms with Crippen LogP contribution in [0.4, 0.5) is 15.2 Å². The second-order valence-electron chi connectivity index (χ2n) is 5.76. The molecule has 1 aromatic heterocycles. The first kappa shape index (κ1) is 17.5. The van der Waals surface area contributed by atoms with E-state index in [4.69, 9.17) is 12.2 Å². The first-order chi connectivity index (χ1) is 11.3. The van der Waals surface area contributed by atoms with E-state index in [0.717, 1.165) is 0 Å². The lowest BCUT2D eigenvalue weighted by molar-refractivity contribution is 0.198. The number of halogens is 1. The van der Waals surface area contributed by atoms with E-state index in [0.29, 0.717) is 27.9 Å². The van der Waals surface area contributed by atoms with Gasteiger partial charge in [-0.05, 0) is 43.9 Å². The lowest BCUT2D eigenvalue weighted by Crippen LogP contribution is -2.34. The van der Waals surface area contributed by atoms with Crippen molar-refractivity contribution in [3.8, 4) is 0 Å². The van der Waals surface area contributed by atoms with Gasteiger partial charge in [0.1, 0.15) is 5.82 Å². The third-order valence-electron chi connectivity index (χ3n) is 3.87. The maximum absolute atomic E-state index is 13.2. The highest BCUT2D eigenvalue weighted by atomic mass is 32.2. The number of hydrogen-bond acceptors (Lipinski definition) is 7. The van der Waals surface area contributed by atoms with Crippen LogP contribution in [0.3, 0.4) is 0 Å². The molecule has 1 aliphatic heterocycles. The minimum Gasteiger partial charge on any atom is -0.330 e. The van der Waals surface area contributed by atoms with Crippen molar-refractivity contribution in [3.05, 3.63) is 34.0 Å². The molecule has 130 valence electrons. The van der Waals surface area contributed by atoms with Gasteiger partial charge >= 0.3 is 0 Å². The fourth-order valence-electron chi connectivity index (χ4n) is 2.59. The van der Waals surface area contributed by atoms with E-state index >= 15 is 0 Å². The van der Waals surface area contributed by atoms with Crippen LogP contribution in [0.25, 0.3) is 0 Å². The molecule has 0 bridgehead atoms. The summed E-state index contributed by atoms with van der Waals surface area (Å²) in [6.45, 7) is 0.417. The monoisotopic (exact) mass is 388 g/mol. The smallest absolute Gasteiger partial charge is 0.209 e. The molecular weight excluding hydrogens is 371 g/mol. The maximum Gasteiger partial charge on any atom is 0.209 e. The van der Waals surface area contributed by atoms with Crippen molar-refractivity contribution in [2.45, 2.75) is 19.1 Å². The highest BCUT2D eigenvalue weighted by Gasteiger charge is 2.30. The van der Waals surface area contributed by atoms with E-state index in [-0.39, 0.29) is 23.4 Å². The SMILES string of the molecule is CN(Cn1nc(Nc2cccc(F)c2)sc1=S)[C@H]1CCS(=O)(=O)C1. The van der Waals surface area contributed by atoms with Gasteiger partial charge in [0.2, 0.25) is 5.13 Å². The van der Waals surface area contributed by atoms with E-state index in [9.17, 15) is 12.8 Å². The molecule has 2 heterocycles. The topological polar surface area (TPSA) is 67.2 Å². The molecule has 1 saturated heterocycles. The first-order valence-electron chi connectivity index (χ1n) is 7.33. The zero-order valence-corrected chi connectivity index (χ0v) is 15.4. The van der Waals surface area contributed by atoms with Gasteiger partial charge in [0, 0.05) is 11.7 Å². The average Bonchev–Trinajstić information content (AvgIpc) is 3.02. The van der Waals surface area contributed by atoms with Crippen LogP contribution < -0.4 is 5.32 Å². The van der Waals surface area contributed by atoms with E-state index in [1.165, 1.54) is 23.5 Å². The molecule has 0 amide bonds. The Labute approximate surface area is 148 Å². The van der Waals surface area contributed by atoms with Crippen molar-refractivity contribution in [1.82, 2.24) is 14.7 Å². The van der Waals surface area contributed by atoms with Gasteiger partial charge in [-0.1, -0.05) is 17.4 Å². The van der Waals surface area contributed by atoms with Crippen LogP contribution in [0.15, 0.2) is 24.3 Å². The molecule has 0 radical (unpaired) electrons. The predicted octanol–water partition coefficient (Wildman–Crippen LogP) is 2.63. The molecule has 2 aromatic rings. The first-order valence-corrected chi connectivity index (χ1v) is 10.4. The van der Waals surface area contributed by atoms with Crippen molar-refractivity contribution < 1.29 is 12.8 Å². The molecule has 24 heavy (non-hydrogen) atoms. The number of aromatic nitrogens is 2. The quantitative estimate of drug-likeness (QED) is 0.795. The molecule has 0 aliphatic carbocycles. The third kappa shape index (κ3) is 4.18. The highest BCUT2D eigenvalue weighted by Crippen LogP contribution is 2.22. The summed E-state index contributed by atoms with van der Waals surface area (Å²) in [7, 11) is -1.06. The maximum atomic E-state index is 13.2. The lowest BCUT2D eigenvalue weighted by Gasteiger charge is -2.22. The summed E-state index contributed by atoms with van der Waals surface area (Å²) in [5.41, 5.74) is 0.598. The van der Waals surface area contributed by atoms with Crippen LogP contribution in [-0.2, 0) is 16.5 Å². The molecular formula is C14H17FN4O2S3. The van der Waals surface area contributed by atoms with Crippen molar-refractivity contribution in [1.29, 1.82) is 0 Å². The molecule has 6 nitrogen and oxygen atoms in total. The van der Waals surface area contributed by atoms with Gasteiger partial charge in [-0.3, -0.25) is 4.90 Å². The number of hydrogen-bond donors (Lipinski definition) is 1. The summed E-state index contributed by atoms with van der Waals surface area (Å²) in [6.07, 6.45) is 0.630. The van der Waals surface area contributed by atoms with Gasteiger partial charge in [0.05, 0.1) is 18.2 Å². The minimum atomic E-state index is -2.93. The van der Waals surface area contributed by atoms with Crippen molar-refractivity contribution in [3.63, 3.8) is 0 Å². The molecule has 0 unspecified atom stereocenters. The van der Waals surface area contributed by atoms with Gasteiger partial charge in [0.25, 0.3) is 0 Å². The Morgan fingerprint density at radius 3 is 3.00 bits per heavy atom. The Kier molecular flexibility index (Phi) is 5.00. The van der Waals surface area contributed by atoms with Gasteiger partial charge in [-0.15, -0.1) is 5.10 Å². The van der Waals surface area contributed by atoms with Crippen LogP contribution >= 0.6 is 23.6 Å². The number of sulfone groups is 1. The molecule has 1 aliphatic rings. The zero-order chi connectivity index (χ0) is 17.3. The van der Waals surface area contributed by atoms with Crippen LogP contribution in [0, 0.1) is 9.77 Å². The molecule has 1 fully saturated rings. The number of rotatable bonds is 5. The molecule has 0 spiro atoms. The Morgan fingerprint density at radius 2 is 2.33 bits per heavy atom. The van der Waals surface area contributed by atoms with Gasteiger partial charge < -0.3 is 5.32 Å². The largest absolute Gasteiger partial charge is 0.330 e. The predicted molar refractivity (Wildman–Crippen MR) is 95.4 cm³/mol. The molecule has 1 N–H and O–H groups in total. The van der Waals surface area contributed by atoms with Crippen molar-refractivity contribution >= 4 is 44.2 Å². The van der Waals surface area contributed by atoms with E-state index in [1.807, 2.05) is 11.9 Å². The second-order valence-corrected chi connectivity index (χ2v) is 9.61. The number of benzene rings is 1. The molecule has 1 aromatic carbocycles. The molecule has 0 saturated carbocycles. The zero-order valence-electron chi connectivity index (χ0n) is 13.0. The summed E-state index contributed by atoms with van der Waals surface area (Å²) in [5, 5.41) is 7.98. The number of anilines is 2. The average molecular weight is 389 g/mol. The van der Waals surface area contributed by atoms with Gasteiger partial charge in [0.15, 0.2) is 13.8 Å². The van der Waals surface area contributed by atoms with E-state index in [1.54, 1.807) is 16.8 Å². The summed E-state index contributed by atoms with van der Waals surface area (Å²) < 4.78 is 38.6. The Hall–Kier alpha value is -1.36. The summed E-state index contributed by atoms with van der Waals surface area (Å²) >= 11 is 6.60. The van der Waals surface area contributed by atoms with Crippen LogP contribution in [0.2, 0.25) is 0 Å². The van der Waals surface area contributed by atoms with Gasteiger partial charge in [-0.2, -0.15) is 0 Å². The second kappa shape index (κ2) is 6.87. The summed E-state index contributed by atoms with van der Waals surface area (Å²) in [4.78, 5) is 1.95. The van der Waals surface area contributed by atoms with E-state index in [2.05, 4.69) is 10.4 Å². The lowest BCUT2D eigenvalue weighted by atomic mass is 10.2. The van der Waals surface area contributed by atoms with Crippen LogP contribution in [-0.4, -0.2) is 47.7 Å². The summed E-state index contributed by atoms with van der Waals surface area (Å²) in [6, 6.07) is 6.09. The normalized spacial score (nSPS) is 19.7. The molecule has 3 rings (SSSR count). The van der Waals surface area contributed by atoms with Crippen LogP contribution in [0.5, 0.6) is 0 Å².